The number of carbonyl (C=O) groups excluding carboxylic acids is 1. The maximum atomic E-state index is 12.4. The van der Waals surface area contributed by atoms with Gasteiger partial charge in [-0.15, -0.1) is 0 Å². The summed E-state index contributed by atoms with van der Waals surface area (Å²) in [4.78, 5) is 22.4. The quantitative estimate of drug-likeness (QED) is 0.630. The summed E-state index contributed by atoms with van der Waals surface area (Å²) in [5.74, 6) is -0.630. The Morgan fingerprint density at radius 2 is 1.76 bits per heavy atom. The van der Waals surface area contributed by atoms with Gasteiger partial charge in [-0.3, -0.25) is 14.9 Å². The lowest BCUT2D eigenvalue weighted by Gasteiger charge is -2.13. The molecule has 1 amide bonds. The second kappa shape index (κ2) is 7.18. The molecule has 2 aromatic carbocycles. The summed E-state index contributed by atoms with van der Waals surface area (Å²) >= 11 is 6.00. The summed E-state index contributed by atoms with van der Waals surface area (Å²) in [5, 5.41) is 13.2. The molecule has 0 aliphatic heterocycles. The monoisotopic (exact) mass is 383 g/mol. The van der Waals surface area contributed by atoms with Crippen LogP contribution in [0.2, 0.25) is 5.02 Å². The van der Waals surface area contributed by atoms with E-state index in [-0.39, 0.29) is 21.2 Å². The van der Waals surface area contributed by atoms with Crippen molar-refractivity contribution in [1.82, 2.24) is 4.31 Å². The molecule has 10 heteroatoms. The number of nitrogens with one attached hydrogen (secondary N) is 1. The maximum absolute atomic E-state index is 12.4. The van der Waals surface area contributed by atoms with Gasteiger partial charge < -0.3 is 5.32 Å². The molecule has 2 rings (SSSR count). The minimum Gasteiger partial charge on any atom is -0.322 e. The molecular formula is C15H14ClN3O5S. The number of hydrogen-bond donors (Lipinski definition) is 1. The molecule has 0 atom stereocenters. The van der Waals surface area contributed by atoms with Crippen LogP contribution in [0.25, 0.3) is 0 Å². The molecule has 8 nitrogen and oxygen atoms in total. The molecule has 0 aliphatic rings. The second-order valence-electron chi connectivity index (χ2n) is 5.19. The highest BCUT2D eigenvalue weighted by Gasteiger charge is 2.21. The zero-order valence-electron chi connectivity index (χ0n) is 13.3. The van der Waals surface area contributed by atoms with Gasteiger partial charge in [-0.2, -0.15) is 0 Å². The van der Waals surface area contributed by atoms with Crippen LogP contribution >= 0.6 is 11.6 Å². The molecule has 0 aliphatic carbocycles. The number of rotatable bonds is 5. The number of nitro benzene ring substituents is 1. The summed E-state index contributed by atoms with van der Waals surface area (Å²) in [6.07, 6.45) is 0. The largest absolute Gasteiger partial charge is 0.322 e. The number of benzene rings is 2. The van der Waals surface area contributed by atoms with Gasteiger partial charge >= 0.3 is 0 Å². The zero-order valence-corrected chi connectivity index (χ0v) is 14.8. The third kappa shape index (κ3) is 4.13. The molecule has 2 aromatic rings. The Balaban J connectivity index is 2.31. The first kappa shape index (κ1) is 18.8. The molecule has 25 heavy (non-hydrogen) atoms. The Hall–Kier alpha value is -2.49. The Morgan fingerprint density at radius 1 is 1.16 bits per heavy atom. The molecule has 0 unspecified atom stereocenters. The van der Waals surface area contributed by atoms with Gasteiger partial charge in [0.2, 0.25) is 10.0 Å². The van der Waals surface area contributed by atoms with Crippen molar-refractivity contribution < 1.29 is 18.1 Å². The van der Waals surface area contributed by atoms with E-state index in [0.29, 0.717) is 5.69 Å². The van der Waals surface area contributed by atoms with Crippen molar-refractivity contribution in [2.45, 2.75) is 4.90 Å². The number of sulfonamides is 1. The summed E-state index contributed by atoms with van der Waals surface area (Å²) < 4.78 is 25.4. The first-order chi connectivity index (χ1) is 11.6. The van der Waals surface area contributed by atoms with Crippen LogP contribution < -0.4 is 5.32 Å². The topological polar surface area (TPSA) is 110 Å². The number of hydrogen-bond acceptors (Lipinski definition) is 5. The number of halogens is 1. The molecule has 0 saturated heterocycles. The van der Waals surface area contributed by atoms with Crippen LogP contribution in [-0.2, 0) is 10.0 Å². The molecule has 0 saturated carbocycles. The predicted molar refractivity (Wildman–Crippen MR) is 93.4 cm³/mol. The predicted octanol–water partition coefficient (Wildman–Crippen LogP) is 2.75. The number of nitro groups is 1. The highest BCUT2D eigenvalue weighted by atomic mass is 35.5. The van der Waals surface area contributed by atoms with Crippen LogP contribution in [0.5, 0.6) is 0 Å². The maximum Gasteiger partial charge on any atom is 0.269 e. The fourth-order valence-electron chi connectivity index (χ4n) is 1.91. The average Bonchev–Trinajstić information content (AvgIpc) is 2.55. The van der Waals surface area contributed by atoms with Crippen molar-refractivity contribution in [3.8, 4) is 0 Å². The van der Waals surface area contributed by atoms with E-state index >= 15 is 0 Å². The van der Waals surface area contributed by atoms with Crippen molar-refractivity contribution in [2.24, 2.45) is 0 Å². The Bertz CT molecular complexity index is 927. The third-order valence-electron chi connectivity index (χ3n) is 3.30. The molecule has 0 radical (unpaired) electrons. The lowest BCUT2D eigenvalue weighted by molar-refractivity contribution is -0.384. The van der Waals surface area contributed by atoms with Gasteiger partial charge in [0.1, 0.15) is 0 Å². The smallest absolute Gasteiger partial charge is 0.269 e. The molecule has 132 valence electrons. The van der Waals surface area contributed by atoms with Crippen LogP contribution in [0.1, 0.15) is 10.4 Å². The van der Waals surface area contributed by atoms with Crippen molar-refractivity contribution in [1.29, 1.82) is 0 Å². The minimum atomic E-state index is -3.72. The van der Waals surface area contributed by atoms with E-state index in [0.717, 1.165) is 4.31 Å². The molecule has 0 bridgehead atoms. The lowest BCUT2D eigenvalue weighted by atomic mass is 10.2. The molecule has 0 aromatic heterocycles. The van der Waals surface area contributed by atoms with E-state index in [1.54, 1.807) is 0 Å². The summed E-state index contributed by atoms with van der Waals surface area (Å²) in [6, 6.07) is 9.02. The number of amides is 1. The fourth-order valence-corrected chi connectivity index (χ4v) is 3.05. The van der Waals surface area contributed by atoms with Gasteiger partial charge in [0.05, 0.1) is 20.4 Å². The van der Waals surface area contributed by atoms with Crippen molar-refractivity contribution in [2.75, 3.05) is 19.4 Å². The van der Waals surface area contributed by atoms with E-state index < -0.39 is 20.9 Å². The zero-order chi connectivity index (χ0) is 18.8. The normalized spacial score (nSPS) is 11.4. The van der Waals surface area contributed by atoms with Crippen molar-refractivity contribution in [3.63, 3.8) is 0 Å². The molecule has 1 N–H and O–H groups in total. The molecule has 0 fully saturated rings. The van der Waals surface area contributed by atoms with Gasteiger partial charge in [-0.25, -0.2) is 12.7 Å². The van der Waals surface area contributed by atoms with Crippen molar-refractivity contribution >= 4 is 38.9 Å². The van der Waals surface area contributed by atoms with Crippen LogP contribution in [0.15, 0.2) is 47.4 Å². The van der Waals surface area contributed by atoms with Gasteiger partial charge in [0.25, 0.3) is 11.6 Å². The van der Waals surface area contributed by atoms with E-state index in [2.05, 4.69) is 5.32 Å². The minimum absolute atomic E-state index is 0.0251. The lowest BCUT2D eigenvalue weighted by Crippen LogP contribution is -2.23. The van der Waals surface area contributed by atoms with Crippen LogP contribution in [0, 0.1) is 10.1 Å². The van der Waals surface area contributed by atoms with Crippen LogP contribution in [0.4, 0.5) is 11.4 Å². The highest BCUT2D eigenvalue weighted by molar-refractivity contribution is 7.89. The van der Waals surface area contributed by atoms with E-state index in [1.165, 1.54) is 56.6 Å². The number of nitrogens with zero attached hydrogens (tertiary/aromatic N) is 2. The van der Waals surface area contributed by atoms with Gasteiger partial charge in [-0.1, -0.05) is 11.6 Å². The molecule has 0 heterocycles. The van der Waals surface area contributed by atoms with Gasteiger partial charge in [0, 0.05) is 31.9 Å². The molecule has 0 spiro atoms. The number of carbonyl (C=O) groups is 1. The number of anilines is 1. The van der Waals surface area contributed by atoms with Crippen molar-refractivity contribution in [3.05, 3.63) is 63.2 Å². The Kier molecular flexibility index (Phi) is 5.41. The summed E-state index contributed by atoms with van der Waals surface area (Å²) in [7, 11) is -0.967. The van der Waals surface area contributed by atoms with E-state index in [1.807, 2.05) is 0 Å². The van der Waals surface area contributed by atoms with E-state index in [4.69, 9.17) is 11.6 Å². The Labute approximate surface area is 149 Å². The second-order valence-corrected chi connectivity index (χ2v) is 7.75. The average molecular weight is 384 g/mol. The van der Waals surface area contributed by atoms with Gasteiger partial charge in [-0.05, 0) is 30.3 Å². The fraction of sp³-hybridized carbons (Fsp3) is 0.133. The summed E-state index contributed by atoms with van der Waals surface area (Å²) in [6.45, 7) is 0. The highest BCUT2D eigenvalue weighted by Crippen LogP contribution is 2.23. The van der Waals surface area contributed by atoms with E-state index in [9.17, 15) is 23.3 Å². The first-order valence-corrected chi connectivity index (χ1v) is 8.72. The standard InChI is InChI=1S/C15H14ClN3O5S/c1-18(2)25(23,24)12-7-8-14(16)13(9-12)15(20)17-10-3-5-11(6-4-10)19(21)22/h3-9H,1-2H3,(H,17,20). The SMILES string of the molecule is CN(C)S(=O)(=O)c1ccc(Cl)c(C(=O)Nc2ccc([N+](=O)[O-])cc2)c1. The molecular weight excluding hydrogens is 370 g/mol. The number of non-ortho nitro benzene ring substituents is 1. The van der Waals surface area contributed by atoms with Crippen LogP contribution in [0.3, 0.4) is 0 Å². The Morgan fingerprint density at radius 3 is 2.28 bits per heavy atom. The van der Waals surface area contributed by atoms with Gasteiger partial charge in [0.15, 0.2) is 0 Å². The third-order valence-corrected chi connectivity index (χ3v) is 5.44. The summed E-state index contributed by atoms with van der Waals surface area (Å²) in [5.41, 5.74) is 0.172. The van der Waals surface area contributed by atoms with Crippen LogP contribution in [-0.4, -0.2) is 37.6 Å². The first-order valence-electron chi connectivity index (χ1n) is 6.91.